The van der Waals surface area contributed by atoms with Crippen LogP contribution in [0.25, 0.3) is 10.2 Å². The van der Waals surface area contributed by atoms with Gasteiger partial charge in [-0.25, -0.2) is 4.98 Å². The molecule has 2 aliphatic heterocycles. The van der Waals surface area contributed by atoms with Gasteiger partial charge in [-0.1, -0.05) is 12.8 Å². The van der Waals surface area contributed by atoms with E-state index in [-0.39, 0.29) is 0 Å². The Kier molecular flexibility index (Phi) is 5.00. The largest absolute Gasteiger partial charge is 0.397 e. The maximum Gasteiger partial charge on any atom is 0.260 e. The molecular weight excluding hydrogens is 346 g/mol. The monoisotopic (exact) mass is 373 g/mol. The van der Waals surface area contributed by atoms with Crippen molar-refractivity contribution in [3.05, 3.63) is 16.5 Å². The van der Waals surface area contributed by atoms with E-state index in [1.54, 1.807) is 0 Å². The maximum absolute atomic E-state index is 11.8. The van der Waals surface area contributed by atoms with Crippen LogP contribution in [0, 0.1) is 0 Å². The van der Waals surface area contributed by atoms with E-state index in [0.29, 0.717) is 16.5 Å². The minimum Gasteiger partial charge on any atom is -0.397 e. The van der Waals surface area contributed by atoms with E-state index in [4.69, 9.17) is 16.5 Å². The first-order valence-electron chi connectivity index (χ1n) is 9.63. The van der Waals surface area contributed by atoms with E-state index in [9.17, 15) is 4.79 Å². The summed E-state index contributed by atoms with van der Waals surface area (Å²) in [5, 5.41) is 4.43. The van der Waals surface area contributed by atoms with E-state index in [0.717, 1.165) is 55.1 Å². The summed E-state index contributed by atoms with van der Waals surface area (Å²) in [7, 11) is 0. The summed E-state index contributed by atoms with van der Waals surface area (Å²) in [6, 6.07) is 2.22. The van der Waals surface area contributed by atoms with Gasteiger partial charge in [-0.3, -0.25) is 4.79 Å². The average Bonchev–Trinajstić information content (AvgIpc) is 2.84. The van der Waals surface area contributed by atoms with Gasteiger partial charge < -0.3 is 21.7 Å². The summed E-state index contributed by atoms with van der Waals surface area (Å²) in [4.78, 5) is 20.4. The second-order valence-corrected chi connectivity index (χ2v) is 8.40. The molecule has 0 spiro atoms. The van der Waals surface area contributed by atoms with Crippen molar-refractivity contribution in [2.24, 2.45) is 5.73 Å². The number of hydrogen-bond acceptors (Lipinski definition) is 6. The zero-order valence-corrected chi connectivity index (χ0v) is 15.9. The summed E-state index contributed by atoms with van der Waals surface area (Å²) in [6.07, 6.45) is 7.27. The van der Waals surface area contributed by atoms with Crippen LogP contribution in [0.2, 0.25) is 0 Å². The summed E-state index contributed by atoms with van der Waals surface area (Å²) in [5.41, 5.74) is 13.6. The summed E-state index contributed by atoms with van der Waals surface area (Å²) < 4.78 is 0. The molecule has 2 aliphatic rings. The van der Waals surface area contributed by atoms with Gasteiger partial charge in [0.2, 0.25) is 0 Å². The lowest BCUT2D eigenvalue weighted by molar-refractivity contribution is 0.100. The van der Waals surface area contributed by atoms with Crippen molar-refractivity contribution in [3.63, 3.8) is 0 Å². The third-order valence-electron chi connectivity index (χ3n) is 5.61. The van der Waals surface area contributed by atoms with Gasteiger partial charge in [0, 0.05) is 25.0 Å². The first kappa shape index (κ1) is 17.5. The third kappa shape index (κ3) is 3.25. The number of pyridine rings is 1. The molecule has 2 fully saturated rings. The second-order valence-electron chi connectivity index (χ2n) is 7.40. The number of carbonyl (C=O) groups excluding carboxylic acids is 1. The van der Waals surface area contributed by atoms with Crippen molar-refractivity contribution in [1.29, 1.82) is 0 Å². The van der Waals surface area contributed by atoms with Gasteiger partial charge in [-0.15, -0.1) is 11.3 Å². The Morgan fingerprint density at radius 1 is 1.23 bits per heavy atom. The molecule has 5 N–H and O–H groups in total. The summed E-state index contributed by atoms with van der Waals surface area (Å²) in [6.45, 7) is 4.10. The summed E-state index contributed by atoms with van der Waals surface area (Å²) in [5.74, 6) is 0.962. The lowest BCUT2D eigenvalue weighted by atomic mass is 9.89. The van der Waals surface area contributed by atoms with Crippen LogP contribution in [0.4, 0.5) is 11.5 Å². The molecule has 7 heteroatoms. The fraction of sp³-hybridized carbons (Fsp3) is 0.579. The van der Waals surface area contributed by atoms with Crippen molar-refractivity contribution >= 4 is 39.0 Å². The number of nitrogens with zero attached hydrogens (tertiary/aromatic N) is 2. The third-order valence-corrected chi connectivity index (χ3v) is 6.72. The van der Waals surface area contributed by atoms with Gasteiger partial charge in [-0.05, 0) is 49.8 Å². The normalized spacial score (nSPS) is 21.7. The molecule has 4 heterocycles. The van der Waals surface area contributed by atoms with Crippen LogP contribution in [0.3, 0.4) is 0 Å². The molecule has 4 rings (SSSR count). The van der Waals surface area contributed by atoms with Crippen LogP contribution in [-0.2, 0) is 0 Å². The Labute approximate surface area is 157 Å². The Hall–Kier alpha value is -1.86. The number of fused-ring (bicyclic) bond motifs is 1. The molecule has 0 bridgehead atoms. The molecule has 0 aromatic carbocycles. The number of nitrogens with one attached hydrogen (secondary N) is 1. The van der Waals surface area contributed by atoms with Crippen LogP contribution in [0.5, 0.6) is 0 Å². The number of nitrogen functional groups attached to an aromatic ring is 1. The molecule has 26 heavy (non-hydrogen) atoms. The van der Waals surface area contributed by atoms with E-state index in [1.165, 1.54) is 42.6 Å². The van der Waals surface area contributed by atoms with Crippen LogP contribution in [-0.4, -0.2) is 37.1 Å². The smallest absolute Gasteiger partial charge is 0.260 e. The SMILES string of the molecule is NC(=O)c1sc2nc(N3CCCCCC3)cc(C3CCCNC3)c2c1N. The standard InChI is InChI=1S/C19H27N5OS/c20-16-15-13(12-6-5-7-22-11-12)10-14(24-8-3-1-2-4-9-24)23-19(15)26-17(16)18(21)25/h10,12,22H,1-9,11,20H2,(H2,21,25). The van der Waals surface area contributed by atoms with Crippen LogP contribution >= 0.6 is 11.3 Å². The first-order chi connectivity index (χ1) is 12.6. The molecule has 2 aromatic rings. The van der Waals surface area contributed by atoms with Crippen LogP contribution in [0.1, 0.15) is 59.7 Å². The highest BCUT2D eigenvalue weighted by Crippen LogP contribution is 2.41. The summed E-state index contributed by atoms with van der Waals surface area (Å²) >= 11 is 1.34. The maximum atomic E-state index is 11.8. The number of anilines is 2. The van der Waals surface area contributed by atoms with Gasteiger partial charge in [0.15, 0.2) is 0 Å². The van der Waals surface area contributed by atoms with Crippen molar-refractivity contribution in [2.45, 2.75) is 44.4 Å². The Balaban J connectivity index is 1.84. The molecule has 1 atom stereocenters. The molecule has 140 valence electrons. The van der Waals surface area contributed by atoms with Gasteiger partial charge in [-0.2, -0.15) is 0 Å². The number of piperidine rings is 1. The Morgan fingerprint density at radius 2 is 2.00 bits per heavy atom. The molecule has 1 unspecified atom stereocenters. The quantitative estimate of drug-likeness (QED) is 0.769. The molecule has 2 saturated heterocycles. The topological polar surface area (TPSA) is 97.3 Å². The average molecular weight is 374 g/mol. The zero-order valence-electron chi connectivity index (χ0n) is 15.1. The Bertz CT molecular complexity index is 804. The van der Waals surface area contributed by atoms with Crippen molar-refractivity contribution in [3.8, 4) is 0 Å². The fourth-order valence-electron chi connectivity index (χ4n) is 4.22. The number of carbonyl (C=O) groups is 1. The number of nitrogens with two attached hydrogens (primary N) is 2. The number of amides is 1. The number of thiophene rings is 1. The highest BCUT2D eigenvalue weighted by atomic mass is 32.1. The van der Waals surface area contributed by atoms with Crippen LogP contribution in [0.15, 0.2) is 6.07 Å². The molecule has 6 nitrogen and oxygen atoms in total. The number of aromatic nitrogens is 1. The first-order valence-corrected chi connectivity index (χ1v) is 10.4. The van der Waals surface area contributed by atoms with E-state index >= 15 is 0 Å². The van der Waals surface area contributed by atoms with E-state index < -0.39 is 5.91 Å². The predicted octanol–water partition coefficient (Wildman–Crippen LogP) is 2.82. The molecule has 1 amide bonds. The van der Waals surface area contributed by atoms with Crippen molar-refractivity contribution < 1.29 is 4.79 Å². The highest BCUT2D eigenvalue weighted by Gasteiger charge is 2.25. The predicted molar refractivity (Wildman–Crippen MR) is 108 cm³/mol. The van der Waals surface area contributed by atoms with Crippen molar-refractivity contribution in [2.75, 3.05) is 36.8 Å². The molecular formula is C19H27N5OS. The van der Waals surface area contributed by atoms with Gasteiger partial charge in [0.1, 0.15) is 15.5 Å². The van der Waals surface area contributed by atoms with Gasteiger partial charge >= 0.3 is 0 Å². The number of hydrogen-bond donors (Lipinski definition) is 3. The van der Waals surface area contributed by atoms with Crippen LogP contribution < -0.4 is 21.7 Å². The van der Waals surface area contributed by atoms with E-state index in [1.807, 2.05) is 0 Å². The zero-order chi connectivity index (χ0) is 18.1. The highest BCUT2D eigenvalue weighted by molar-refractivity contribution is 7.21. The van der Waals surface area contributed by atoms with Gasteiger partial charge in [0.05, 0.1) is 5.69 Å². The molecule has 0 saturated carbocycles. The minimum absolute atomic E-state index is 0.401. The van der Waals surface area contributed by atoms with E-state index in [2.05, 4.69) is 16.3 Å². The lowest BCUT2D eigenvalue weighted by Gasteiger charge is -2.27. The second kappa shape index (κ2) is 7.40. The fourth-order valence-corrected chi connectivity index (χ4v) is 5.20. The minimum atomic E-state index is -0.463. The Morgan fingerprint density at radius 3 is 2.65 bits per heavy atom. The molecule has 2 aromatic heterocycles. The number of primary amides is 1. The lowest BCUT2D eigenvalue weighted by Crippen LogP contribution is -2.29. The van der Waals surface area contributed by atoms with Crippen molar-refractivity contribution in [1.82, 2.24) is 10.3 Å². The number of rotatable bonds is 3. The molecule has 0 radical (unpaired) electrons. The molecule has 0 aliphatic carbocycles. The van der Waals surface area contributed by atoms with Gasteiger partial charge in [0.25, 0.3) is 5.91 Å².